The summed E-state index contributed by atoms with van der Waals surface area (Å²) in [7, 11) is 2.07. The Bertz CT molecular complexity index is 182. The molecule has 0 bridgehead atoms. The lowest BCUT2D eigenvalue weighted by atomic mass is 9.77. The lowest BCUT2D eigenvalue weighted by molar-refractivity contribution is 0.0795. The topological polar surface area (TPSA) is 21.3 Å². The molecule has 1 unspecified atom stereocenters. The second-order valence-corrected chi connectivity index (χ2v) is 6.03. The van der Waals surface area contributed by atoms with Crippen molar-refractivity contribution in [3.8, 4) is 0 Å². The average molecular weight is 257 g/mol. The van der Waals surface area contributed by atoms with Crippen molar-refractivity contribution in [1.82, 2.24) is 5.32 Å². The fourth-order valence-corrected chi connectivity index (χ4v) is 2.42. The maximum Gasteiger partial charge on any atom is 0.0471 e. The number of hydrogen-bond acceptors (Lipinski definition) is 2. The molecular weight excluding hydrogens is 222 g/mol. The molecule has 1 N–H and O–H groups in total. The summed E-state index contributed by atoms with van der Waals surface area (Å²) in [5.74, 6) is 0.748. The quantitative estimate of drug-likeness (QED) is 0.528. The van der Waals surface area contributed by atoms with Gasteiger partial charge in [-0.25, -0.2) is 0 Å². The minimum absolute atomic E-state index is 0.447. The molecule has 0 saturated heterocycles. The summed E-state index contributed by atoms with van der Waals surface area (Å²) in [5.41, 5.74) is 0.447. The van der Waals surface area contributed by atoms with Crippen molar-refractivity contribution in [2.75, 3.05) is 26.8 Å². The monoisotopic (exact) mass is 257 g/mol. The molecular formula is C16H35NO. The van der Waals surface area contributed by atoms with E-state index in [0.717, 1.165) is 25.7 Å². The first-order chi connectivity index (χ1) is 8.60. The Morgan fingerprint density at radius 3 is 2.33 bits per heavy atom. The standard InChI is InChI=1S/C16H35NO/c1-6-8-10-16(7-2,14-17-5)11-13-18-12-9-15(3)4/h15,17H,6-14H2,1-5H3. The molecule has 2 heteroatoms. The van der Waals surface area contributed by atoms with Gasteiger partial charge in [0.2, 0.25) is 0 Å². The molecule has 0 aliphatic rings. The normalized spacial score (nSPS) is 15.0. The van der Waals surface area contributed by atoms with E-state index in [1.807, 2.05) is 0 Å². The number of nitrogens with one attached hydrogen (secondary N) is 1. The van der Waals surface area contributed by atoms with Crippen LogP contribution in [-0.2, 0) is 4.74 Å². The van der Waals surface area contributed by atoms with E-state index in [2.05, 4.69) is 40.1 Å². The Balaban J connectivity index is 3.98. The van der Waals surface area contributed by atoms with Gasteiger partial charge in [-0.15, -0.1) is 0 Å². The van der Waals surface area contributed by atoms with Crippen LogP contribution in [0.2, 0.25) is 0 Å². The van der Waals surface area contributed by atoms with Gasteiger partial charge in [0, 0.05) is 19.8 Å². The first-order valence-corrected chi connectivity index (χ1v) is 7.82. The van der Waals surface area contributed by atoms with E-state index in [9.17, 15) is 0 Å². The zero-order chi connectivity index (χ0) is 13.9. The van der Waals surface area contributed by atoms with Crippen LogP contribution < -0.4 is 5.32 Å². The zero-order valence-electron chi connectivity index (χ0n) is 13.3. The first kappa shape index (κ1) is 17.9. The van der Waals surface area contributed by atoms with Crippen molar-refractivity contribution in [3.63, 3.8) is 0 Å². The van der Waals surface area contributed by atoms with Crippen molar-refractivity contribution >= 4 is 0 Å². The number of ether oxygens (including phenoxy) is 1. The van der Waals surface area contributed by atoms with Crippen molar-refractivity contribution in [3.05, 3.63) is 0 Å². The third-order valence-corrected chi connectivity index (χ3v) is 3.98. The minimum atomic E-state index is 0.447. The molecule has 0 aliphatic carbocycles. The molecule has 1 atom stereocenters. The van der Waals surface area contributed by atoms with Crippen LogP contribution in [0, 0.1) is 11.3 Å². The summed E-state index contributed by atoms with van der Waals surface area (Å²) in [4.78, 5) is 0. The highest BCUT2D eigenvalue weighted by atomic mass is 16.5. The molecule has 0 amide bonds. The minimum Gasteiger partial charge on any atom is -0.381 e. The molecule has 0 aromatic carbocycles. The van der Waals surface area contributed by atoms with E-state index in [-0.39, 0.29) is 0 Å². The van der Waals surface area contributed by atoms with E-state index in [1.165, 1.54) is 38.5 Å². The smallest absolute Gasteiger partial charge is 0.0471 e. The third-order valence-electron chi connectivity index (χ3n) is 3.98. The predicted octanol–water partition coefficient (Wildman–Crippen LogP) is 4.25. The molecule has 0 heterocycles. The van der Waals surface area contributed by atoms with Crippen LogP contribution in [0.5, 0.6) is 0 Å². The van der Waals surface area contributed by atoms with Crippen LogP contribution in [0.25, 0.3) is 0 Å². The molecule has 0 saturated carbocycles. The van der Waals surface area contributed by atoms with E-state index in [1.54, 1.807) is 0 Å². The van der Waals surface area contributed by atoms with Gasteiger partial charge in [-0.3, -0.25) is 0 Å². The summed E-state index contributed by atoms with van der Waals surface area (Å²) in [6.45, 7) is 12.1. The number of hydrogen-bond donors (Lipinski definition) is 1. The molecule has 2 nitrogen and oxygen atoms in total. The van der Waals surface area contributed by atoms with Crippen molar-refractivity contribution < 1.29 is 4.74 Å². The molecule has 0 rings (SSSR count). The van der Waals surface area contributed by atoms with E-state index in [4.69, 9.17) is 4.74 Å². The lowest BCUT2D eigenvalue weighted by Crippen LogP contribution is -2.33. The Hall–Kier alpha value is -0.0800. The van der Waals surface area contributed by atoms with Crippen LogP contribution in [0.1, 0.15) is 66.2 Å². The Labute approximate surface area is 115 Å². The fourth-order valence-electron chi connectivity index (χ4n) is 2.42. The van der Waals surface area contributed by atoms with Crippen LogP contribution >= 0.6 is 0 Å². The molecule has 0 aliphatic heterocycles. The van der Waals surface area contributed by atoms with Gasteiger partial charge in [0.15, 0.2) is 0 Å². The molecule has 0 fully saturated rings. The highest BCUT2D eigenvalue weighted by Gasteiger charge is 2.26. The Morgan fingerprint density at radius 1 is 1.11 bits per heavy atom. The lowest BCUT2D eigenvalue weighted by Gasteiger charge is -2.33. The summed E-state index contributed by atoms with van der Waals surface area (Å²) in [6.07, 6.45) is 7.58. The third kappa shape index (κ3) is 8.10. The Kier molecular flexibility index (Phi) is 10.8. The van der Waals surface area contributed by atoms with Crippen molar-refractivity contribution in [1.29, 1.82) is 0 Å². The molecule has 0 spiro atoms. The summed E-state index contributed by atoms with van der Waals surface area (Å²) in [6, 6.07) is 0. The summed E-state index contributed by atoms with van der Waals surface area (Å²) < 4.78 is 5.80. The average Bonchev–Trinajstić information content (AvgIpc) is 2.35. The van der Waals surface area contributed by atoms with Gasteiger partial charge in [-0.05, 0) is 44.1 Å². The van der Waals surface area contributed by atoms with Crippen LogP contribution in [-0.4, -0.2) is 26.8 Å². The maximum absolute atomic E-state index is 5.80. The summed E-state index contributed by atoms with van der Waals surface area (Å²) in [5, 5.41) is 3.37. The highest BCUT2D eigenvalue weighted by molar-refractivity contribution is 4.79. The Morgan fingerprint density at radius 2 is 1.83 bits per heavy atom. The summed E-state index contributed by atoms with van der Waals surface area (Å²) >= 11 is 0. The van der Waals surface area contributed by atoms with Crippen LogP contribution in [0.15, 0.2) is 0 Å². The first-order valence-electron chi connectivity index (χ1n) is 7.82. The second-order valence-electron chi connectivity index (χ2n) is 6.03. The molecule has 0 radical (unpaired) electrons. The van der Waals surface area contributed by atoms with Crippen molar-refractivity contribution in [2.45, 2.75) is 66.2 Å². The van der Waals surface area contributed by atoms with Gasteiger partial charge in [0.05, 0.1) is 0 Å². The zero-order valence-corrected chi connectivity index (χ0v) is 13.3. The number of unbranched alkanes of at least 4 members (excludes halogenated alkanes) is 1. The van der Waals surface area contributed by atoms with Gasteiger partial charge < -0.3 is 10.1 Å². The molecule has 0 aromatic heterocycles. The molecule has 0 aromatic rings. The number of rotatable bonds is 12. The van der Waals surface area contributed by atoms with E-state index < -0.39 is 0 Å². The predicted molar refractivity (Wildman–Crippen MR) is 81.1 cm³/mol. The van der Waals surface area contributed by atoms with E-state index in [0.29, 0.717) is 5.41 Å². The second kappa shape index (κ2) is 10.8. The largest absolute Gasteiger partial charge is 0.381 e. The van der Waals surface area contributed by atoms with Crippen LogP contribution in [0.4, 0.5) is 0 Å². The highest BCUT2D eigenvalue weighted by Crippen LogP contribution is 2.32. The van der Waals surface area contributed by atoms with Gasteiger partial charge in [-0.2, -0.15) is 0 Å². The van der Waals surface area contributed by atoms with Crippen LogP contribution in [0.3, 0.4) is 0 Å². The maximum atomic E-state index is 5.80. The van der Waals surface area contributed by atoms with Gasteiger partial charge in [0.25, 0.3) is 0 Å². The molecule has 18 heavy (non-hydrogen) atoms. The fraction of sp³-hybridized carbons (Fsp3) is 1.00. The SMILES string of the molecule is CCCCC(CC)(CCOCCC(C)C)CNC. The van der Waals surface area contributed by atoms with Gasteiger partial charge >= 0.3 is 0 Å². The van der Waals surface area contributed by atoms with Gasteiger partial charge in [-0.1, -0.05) is 40.5 Å². The van der Waals surface area contributed by atoms with Gasteiger partial charge in [0.1, 0.15) is 0 Å². The van der Waals surface area contributed by atoms with E-state index >= 15 is 0 Å². The van der Waals surface area contributed by atoms with Crippen molar-refractivity contribution in [2.24, 2.45) is 11.3 Å². The molecule has 110 valence electrons.